The largest absolute Gasteiger partial charge is 0.458 e. The number of carbonyl (C=O) groups is 7. The van der Waals surface area contributed by atoms with Crippen molar-refractivity contribution >= 4 is 41.0 Å². The van der Waals surface area contributed by atoms with Crippen LogP contribution in [0.25, 0.3) is 0 Å². The van der Waals surface area contributed by atoms with Crippen molar-refractivity contribution in [3.05, 3.63) is 108 Å². The van der Waals surface area contributed by atoms with E-state index in [1.807, 2.05) is 54.6 Å². The van der Waals surface area contributed by atoms with Crippen molar-refractivity contribution in [2.75, 3.05) is 0 Å². The first-order valence-corrected chi connectivity index (χ1v) is 27.8. The molecule has 11 rings (SSSR count). The number of benzene rings is 3. The number of aliphatic hydroxyl groups excluding tert-OH is 1. The third-order valence-electron chi connectivity index (χ3n) is 21.6. The number of hydrogen-bond acceptors (Lipinski definition) is 11. The lowest BCUT2D eigenvalue weighted by atomic mass is 9.43. The molecule has 0 heterocycles. The number of ether oxygens (including phenoxy) is 3. The van der Waals surface area contributed by atoms with Crippen LogP contribution in [0.5, 0.6) is 0 Å². The van der Waals surface area contributed by atoms with Gasteiger partial charge in [-0.15, -0.1) is 0 Å². The lowest BCUT2D eigenvalue weighted by Gasteiger charge is -2.63. The Morgan fingerprint density at radius 1 is 0.486 bits per heavy atom. The first-order valence-electron chi connectivity index (χ1n) is 27.8. The molecule has 0 spiro atoms. The molecule has 8 aliphatic rings. The molecule has 0 saturated heterocycles. The highest BCUT2D eigenvalue weighted by molar-refractivity contribution is 5.91. The SMILES string of the molecule is CC(=O)C1CCC2C3C([C@H](O)C[C@]12C)[C@@]1(C)CCC(=O)C[C@H]1C[C@@H]3OC(=O)c1ccccc1.CC(=O)C1CCC2C3C([C@H](OC(=O)c4ccccc4)C[C@]12C)[C@@]1(C)CCC(=O)C[C@H]1C[C@@H]3OC(=O)c1ccccc1. The van der Waals surface area contributed by atoms with E-state index in [1.165, 1.54) is 0 Å². The molecule has 18 atom stereocenters. The number of hydrogen-bond donors (Lipinski definition) is 1. The van der Waals surface area contributed by atoms with Crippen molar-refractivity contribution in [1.82, 2.24) is 0 Å². The average Bonchev–Trinajstić information content (AvgIpc) is 3.91. The lowest BCUT2D eigenvalue weighted by Crippen LogP contribution is -2.64. The van der Waals surface area contributed by atoms with Gasteiger partial charge in [-0.1, -0.05) is 82.3 Å². The summed E-state index contributed by atoms with van der Waals surface area (Å²) in [6.45, 7) is 12.2. The standard InChI is InChI=1S/C35H40O6.C28H36O5/c1-21(36)26-14-15-27-30-28(40-32(38)22-10-6-4-7-11-22)19-24-18-25(37)16-17-34(24,2)31(30)29(20-35(26,27)3)41-33(39)23-12-8-5-9-13-23;1-16(29)20-9-10-21-24-23(33-26(32)17-7-5-4-6-8-17)14-18-13-19(30)11-12-27(18,2)25(24)22(31)15-28(20,21)3/h4-13,24,26-31H,14-20H2,1-3H3;4-8,18,20-25,31H,9-15H2,1-3H3/t24-,26?,27?,28-,29+,30?,31?,34-,35+;18-,20?,21?,22+,23-,24?,25?,27-,28+/m00/s1. The lowest BCUT2D eigenvalue weighted by molar-refractivity contribution is -0.205. The number of ketones is 4. The van der Waals surface area contributed by atoms with Gasteiger partial charge in [0.15, 0.2) is 0 Å². The van der Waals surface area contributed by atoms with Crippen LogP contribution >= 0.6 is 0 Å². The van der Waals surface area contributed by atoms with Gasteiger partial charge in [0.25, 0.3) is 0 Å². The zero-order chi connectivity index (χ0) is 52.5. The van der Waals surface area contributed by atoms with E-state index in [4.69, 9.17) is 14.2 Å². The minimum absolute atomic E-state index is 0.00483. The van der Waals surface area contributed by atoms with Crippen molar-refractivity contribution in [1.29, 1.82) is 0 Å². The molecular weight excluding hydrogens is 933 g/mol. The van der Waals surface area contributed by atoms with Crippen molar-refractivity contribution in [3.8, 4) is 0 Å². The number of aliphatic hydroxyl groups is 1. The molecule has 8 unspecified atom stereocenters. The molecule has 8 fully saturated rings. The Kier molecular flexibility index (Phi) is 14.1. The van der Waals surface area contributed by atoms with Gasteiger partial charge < -0.3 is 19.3 Å². The van der Waals surface area contributed by atoms with Gasteiger partial charge in [0.2, 0.25) is 0 Å². The second-order valence-corrected chi connectivity index (χ2v) is 25.2. The first kappa shape index (κ1) is 52.2. The highest BCUT2D eigenvalue weighted by Gasteiger charge is 2.69. The van der Waals surface area contributed by atoms with E-state index in [1.54, 1.807) is 50.2 Å². The van der Waals surface area contributed by atoms with Crippen LogP contribution < -0.4 is 0 Å². The van der Waals surface area contributed by atoms with Gasteiger partial charge in [-0.3, -0.25) is 19.2 Å². The predicted molar refractivity (Wildman–Crippen MR) is 276 cm³/mol. The minimum atomic E-state index is -0.560. The molecule has 8 aliphatic carbocycles. The van der Waals surface area contributed by atoms with E-state index in [9.17, 15) is 38.7 Å². The van der Waals surface area contributed by atoms with Gasteiger partial charge in [-0.2, -0.15) is 0 Å². The zero-order valence-electron chi connectivity index (χ0n) is 44.2. The van der Waals surface area contributed by atoms with Crippen molar-refractivity contribution in [2.45, 2.75) is 156 Å². The summed E-state index contributed by atoms with van der Waals surface area (Å²) in [5.41, 5.74) is 0.464. The smallest absolute Gasteiger partial charge is 0.338 e. The zero-order valence-corrected chi connectivity index (χ0v) is 44.2. The maximum atomic E-state index is 13.5. The van der Waals surface area contributed by atoms with Crippen LogP contribution in [0.2, 0.25) is 0 Å². The maximum absolute atomic E-state index is 13.5. The quantitative estimate of drug-likeness (QED) is 0.168. The Bertz CT molecular complexity index is 2650. The van der Waals surface area contributed by atoms with E-state index in [2.05, 4.69) is 27.7 Å². The normalized spacial score (nSPS) is 40.7. The fourth-order valence-electron chi connectivity index (χ4n) is 18.2. The van der Waals surface area contributed by atoms with Crippen LogP contribution in [0.1, 0.15) is 163 Å². The summed E-state index contributed by atoms with van der Waals surface area (Å²) >= 11 is 0. The molecule has 3 aromatic rings. The average molecular weight is 1010 g/mol. The monoisotopic (exact) mass is 1010 g/mol. The van der Waals surface area contributed by atoms with Gasteiger partial charge in [0, 0.05) is 55.3 Å². The Balaban J connectivity index is 0.000000173. The molecule has 11 heteroatoms. The molecule has 0 bridgehead atoms. The fourth-order valence-corrected chi connectivity index (χ4v) is 18.2. The van der Waals surface area contributed by atoms with Crippen LogP contribution in [0, 0.1) is 80.8 Å². The van der Waals surface area contributed by atoms with Crippen LogP contribution in [0.15, 0.2) is 91.0 Å². The second-order valence-electron chi connectivity index (χ2n) is 25.2. The molecule has 0 aromatic heterocycles. The van der Waals surface area contributed by atoms with Gasteiger partial charge in [-0.25, -0.2) is 14.4 Å². The van der Waals surface area contributed by atoms with Crippen LogP contribution in [-0.4, -0.2) is 70.6 Å². The van der Waals surface area contributed by atoms with Crippen molar-refractivity contribution < 1.29 is 52.9 Å². The molecule has 0 aliphatic heterocycles. The van der Waals surface area contributed by atoms with Crippen LogP contribution in [-0.2, 0) is 33.4 Å². The van der Waals surface area contributed by atoms with Crippen molar-refractivity contribution in [3.63, 3.8) is 0 Å². The number of carbonyl (C=O) groups excluding carboxylic acids is 7. The summed E-state index contributed by atoms with van der Waals surface area (Å²) in [5, 5.41) is 11.6. The fraction of sp³-hybridized carbons (Fsp3) is 0.603. The molecule has 11 nitrogen and oxygen atoms in total. The third-order valence-corrected chi connectivity index (χ3v) is 21.6. The number of esters is 3. The molecule has 1 N–H and O–H groups in total. The van der Waals surface area contributed by atoms with E-state index in [-0.39, 0.29) is 128 Å². The molecule has 3 aromatic carbocycles. The molecular formula is C63H76O11. The summed E-state index contributed by atoms with van der Waals surface area (Å²) in [7, 11) is 0. The second kappa shape index (κ2) is 20.0. The highest BCUT2D eigenvalue weighted by atomic mass is 16.6. The maximum Gasteiger partial charge on any atom is 0.338 e. The molecule has 74 heavy (non-hydrogen) atoms. The van der Waals surface area contributed by atoms with Gasteiger partial charge >= 0.3 is 17.9 Å². The summed E-state index contributed by atoms with van der Waals surface area (Å²) in [5.74, 6) is -0.0359. The Labute approximate surface area is 436 Å². The predicted octanol–water partition coefficient (Wildman–Crippen LogP) is 11.1. The number of rotatable bonds is 8. The van der Waals surface area contributed by atoms with Gasteiger partial charge in [0.1, 0.15) is 41.4 Å². The third kappa shape index (κ3) is 9.02. The van der Waals surface area contributed by atoms with Gasteiger partial charge in [-0.05, 0) is 166 Å². The minimum Gasteiger partial charge on any atom is -0.458 e. The van der Waals surface area contributed by atoms with E-state index >= 15 is 0 Å². The first-order chi connectivity index (χ1) is 35.3. The van der Waals surface area contributed by atoms with Crippen LogP contribution in [0.3, 0.4) is 0 Å². The van der Waals surface area contributed by atoms with Gasteiger partial charge in [0.05, 0.1) is 22.8 Å². The molecule has 0 amide bonds. The topological polar surface area (TPSA) is 167 Å². The summed E-state index contributed by atoms with van der Waals surface area (Å²) in [6.07, 6.45) is 7.67. The van der Waals surface area contributed by atoms with Crippen molar-refractivity contribution in [2.24, 2.45) is 80.8 Å². The molecule has 0 radical (unpaired) electrons. The van der Waals surface area contributed by atoms with E-state index < -0.39 is 18.3 Å². The number of Topliss-reactive ketones (excluding diaryl/α,β-unsaturated/α-hetero) is 4. The molecule has 8 saturated carbocycles. The number of fused-ring (bicyclic) bond motifs is 10. The van der Waals surface area contributed by atoms with Crippen LogP contribution in [0.4, 0.5) is 0 Å². The molecule has 394 valence electrons. The highest BCUT2D eigenvalue weighted by Crippen LogP contribution is 2.70. The Morgan fingerprint density at radius 3 is 1.26 bits per heavy atom. The van der Waals surface area contributed by atoms with E-state index in [0.29, 0.717) is 68.1 Å². The Hall–Kier alpha value is -5.29. The van der Waals surface area contributed by atoms with E-state index in [0.717, 1.165) is 38.5 Å². The summed E-state index contributed by atoms with van der Waals surface area (Å²) in [4.78, 5) is 90.7. The Morgan fingerprint density at radius 2 is 0.851 bits per heavy atom. The summed E-state index contributed by atoms with van der Waals surface area (Å²) < 4.78 is 19.1. The summed E-state index contributed by atoms with van der Waals surface area (Å²) in [6, 6.07) is 27.1.